The second kappa shape index (κ2) is 1.08. The van der Waals surface area contributed by atoms with Crippen LogP contribution in [-0.4, -0.2) is 15.7 Å². The lowest BCUT2D eigenvalue weighted by atomic mass is 11.4. The van der Waals surface area contributed by atoms with Gasteiger partial charge in [-0.05, 0) is 11.6 Å². The number of hydrogen-bond acceptors (Lipinski definition) is 2. The molecule has 0 bridgehead atoms. The highest BCUT2D eigenvalue weighted by Gasteiger charge is 2.12. The van der Waals surface area contributed by atoms with Crippen LogP contribution in [0.1, 0.15) is 0 Å². The van der Waals surface area contributed by atoms with E-state index < -0.39 is 5.50 Å². The Hall–Kier alpha value is 0.140. The van der Waals surface area contributed by atoms with Gasteiger partial charge >= 0.3 is 5.50 Å². The summed E-state index contributed by atoms with van der Waals surface area (Å²) in [7, 11) is 0. The quantitative estimate of drug-likeness (QED) is 0.327. The molecule has 2 nitrogen and oxygen atoms in total. The van der Waals surface area contributed by atoms with Crippen LogP contribution in [0.25, 0.3) is 0 Å². The van der Waals surface area contributed by atoms with Gasteiger partial charge in [0, 0.05) is 0 Å². The fourth-order valence-electron chi connectivity index (χ4n) is 0. The molecule has 0 heterocycles. The molecule has 0 aromatic carbocycles. The highest BCUT2D eigenvalue weighted by atomic mass is 35.5. The first-order chi connectivity index (χ1) is 2.00. The van der Waals surface area contributed by atoms with Crippen LogP contribution in [0.5, 0.6) is 0 Å². The molecule has 4 heteroatoms. The van der Waals surface area contributed by atoms with Gasteiger partial charge in [0.1, 0.15) is 0 Å². The van der Waals surface area contributed by atoms with E-state index in [1.54, 1.807) is 0 Å². The lowest BCUT2D eigenvalue weighted by molar-refractivity contribution is -0.185. The van der Waals surface area contributed by atoms with E-state index >= 15 is 0 Å². The van der Waals surface area contributed by atoms with E-state index in [0.29, 0.717) is 0 Å². The highest BCUT2D eigenvalue weighted by molar-refractivity contribution is 6.20. The molecule has 0 rings (SSSR count). The van der Waals surface area contributed by atoms with Crippen molar-refractivity contribution in [2.45, 2.75) is 5.50 Å². The molecule has 0 aliphatic heterocycles. The van der Waals surface area contributed by atoms with E-state index in [1.807, 2.05) is 0 Å². The average Bonchev–Trinajstić information content (AvgIpc) is 0.722. The number of halogens is 2. The molecule has 0 aliphatic carbocycles. The van der Waals surface area contributed by atoms with Gasteiger partial charge in [0.15, 0.2) is 0 Å². The van der Waals surface area contributed by atoms with Gasteiger partial charge in [-0.3, -0.25) is 0 Å². The molecule has 0 amide bonds. The molecule has 5 heavy (non-hydrogen) atoms. The zero-order valence-corrected chi connectivity index (χ0v) is 2.91. The minimum Gasteiger partial charge on any atom is -0.327 e. The molecule has 0 aromatic rings. The van der Waals surface area contributed by atoms with Crippen molar-refractivity contribution >= 4 is 11.6 Å². The molecular formula is CH2ClFO2. The second-order valence-electron chi connectivity index (χ2n) is 0.509. The summed E-state index contributed by atoms with van der Waals surface area (Å²) in [6.45, 7) is 0. The van der Waals surface area contributed by atoms with Crippen LogP contribution in [-0.2, 0) is 0 Å². The summed E-state index contributed by atoms with van der Waals surface area (Å²) in [5.41, 5.74) is -3.53. The van der Waals surface area contributed by atoms with Gasteiger partial charge in [-0.15, -0.1) is 0 Å². The third kappa shape index (κ3) is 967. The van der Waals surface area contributed by atoms with Crippen molar-refractivity contribution < 1.29 is 14.6 Å². The molecule has 0 saturated carbocycles. The number of aliphatic hydroxyl groups is 2. The number of hydrogen-bond donors (Lipinski definition) is 2. The van der Waals surface area contributed by atoms with Gasteiger partial charge in [0.25, 0.3) is 0 Å². The molecular weight excluding hydrogens is 98.5 g/mol. The fourth-order valence-corrected chi connectivity index (χ4v) is 0. The summed E-state index contributed by atoms with van der Waals surface area (Å²) in [4.78, 5) is 0. The van der Waals surface area contributed by atoms with Crippen LogP contribution in [0.2, 0.25) is 0 Å². The molecule has 0 aliphatic rings. The zero-order valence-electron chi connectivity index (χ0n) is 2.15. The number of rotatable bonds is 0. The summed E-state index contributed by atoms with van der Waals surface area (Å²) in [6.07, 6.45) is 0. The minimum absolute atomic E-state index is 3.53. The van der Waals surface area contributed by atoms with Gasteiger partial charge in [-0.2, -0.15) is 4.39 Å². The van der Waals surface area contributed by atoms with Crippen LogP contribution in [0.3, 0.4) is 0 Å². The monoisotopic (exact) mass is 100.0 g/mol. The molecule has 0 fully saturated rings. The minimum atomic E-state index is -3.53. The van der Waals surface area contributed by atoms with Crippen LogP contribution >= 0.6 is 11.6 Å². The van der Waals surface area contributed by atoms with Crippen molar-refractivity contribution in [3.05, 3.63) is 0 Å². The second-order valence-corrected chi connectivity index (χ2v) is 0.990. The van der Waals surface area contributed by atoms with Crippen molar-refractivity contribution in [2.24, 2.45) is 0 Å². The van der Waals surface area contributed by atoms with Gasteiger partial charge in [-0.1, -0.05) is 0 Å². The van der Waals surface area contributed by atoms with Crippen LogP contribution in [0, 0.1) is 0 Å². The van der Waals surface area contributed by atoms with Crippen molar-refractivity contribution in [2.75, 3.05) is 0 Å². The van der Waals surface area contributed by atoms with E-state index in [4.69, 9.17) is 10.2 Å². The molecule has 2 N–H and O–H groups in total. The van der Waals surface area contributed by atoms with E-state index in [2.05, 4.69) is 11.6 Å². The standard InChI is InChI=1S/CH2ClFO2/c2-1(3,4)5/h4-5H. The summed E-state index contributed by atoms with van der Waals surface area (Å²) < 4.78 is 10.6. The maximum absolute atomic E-state index is 10.6. The predicted molar refractivity (Wildman–Crippen MR) is 14.1 cm³/mol. The molecule has 0 aromatic heterocycles. The van der Waals surface area contributed by atoms with Gasteiger partial charge < -0.3 is 10.2 Å². The lowest BCUT2D eigenvalue weighted by Crippen LogP contribution is -2.08. The molecule has 0 radical (unpaired) electrons. The van der Waals surface area contributed by atoms with E-state index in [0.717, 1.165) is 0 Å². The maximum Gasteiger partial charge on any atom is 0.400 e. The van der Waals surface area contributed by atoms with Crippen molar-refractivity contribution in [3.63, 3.8) is 0 Å². The Labute approximate surface area is 32.8 Å². The summed E-state index contributed by atoms with van der Waals surface area (Å²) >= 11 is 3.97. The van der Waals surface area contributed by atoms with E-state index in [-0.39, 0.29) is 0 Å². The van der Waals surface area contributed by atoms with Crippen LogP contribution < -0.4 is 0 Å². The van der Waals surface area contributed by atoms with Crippen molar-refractivity contribution in [3.8, 4) is 0 Å². The molecule has 0 unspecified atom stereocenters. The first kappa shape index (κ1) is 5.14. The predicted octanol–water partition coefficient (Wildman–Crippen LogP) is -0.209. The van der Waals surface area contributed by atoms with E-state index in [9.17, 15) is 4.39 Å². The normalized spacial score (nSPS) is 12.0. The van der Waals surface area contributed by atoms with Gasteiger partial charge in [0.05, 0.1) is 0 Å². The third-order valence-corrected chi connectivity index (χ3v) is 0. The fraction of sp³-hybridized carbons (Fsp3) is 1.00. The third-order valence-electron chi connectivity index (χ3n) is 0. The largest absolute Gasteiger partial charge is 0.400 e. The smallest absolute Gasteiger partial charge is 0.327 e. The first-order valence-electron chi connectivity index (χ1n) is 0.825. The summed E-state index contributed by atoms with van der Waals surface area (Å²) in [5.74, 6) is 0. The Bertz CT molecular complexity index is 25.1. The molecule has 0 saturated heterocycles. The average molecular weight is 100 g/mol. The summed E-state index contributed by atoms with van der Waals surface area (Å²) in [5, 5.41) is 14.4. The Morgan fingerprint density at radius 1 is 1.60 bits per heavy atom. The van der Waals surface area contributed by atoms with E-state index in [1.165, 1.54) is 0 Å². The SMILES string of the molecule is OC(O)(F)Cl. The lowest BCUT2D eigenvalue weighted by Gasteiger charge is -1.93. The number of alkyl halides is 2. The topological polar surface area (TPSA) is 40.5 Å². The van der Waals surface area contributed by atoms with Gasteiger partial charge in [-0.25, -0.2) is 0 Å². The summed E-state index contributed by atoms with van der Waals surface area (Å²) in [6, 6.07) is 0. The van der Waals surface area contributed by atoms with Crippen molar-refractivity contribution in [1.29, 1.82) is 0 Å². The highest BCUT2D eigenvalue weighted by Crippen LogP contribution is 2.03. The van der Waals surface area contributed by atoms with Crippen molar-refractivity contribution in [1.82, 2.24) is 0 Å². The van der Waals surface area contributed by atoms with Crippen LogP contribution in [0.15, 0.2) is 0 Å². The van der Waals surface area contributed by atoms with Gasteiger partial charge in [0.2, 0.25) is 0 Å². The Morgan fingerprint density at radius 3 is 1.60 bits per heavy atom. The van der Waals surface area contributed by atoms with Crippen LogP contribution in [0.4, 0.5) is 4.39 Å². The first-order valence-corrected chi connectivity index (χ1v) is 1.20. The molecule has 0 atom stereocenters. The maximum atomic E-state index is 10.6. The molecule has 0 spiro atoms. The Kier molecular flexibility index (Phi) is 1.11. The Balaban J connectivity index is 3.02. The Morgan fingerprint density at radius 2 is 1.60 bits per heavy atom. The zero-order chi connectivity index (χ0) is 4.50. The molecule has 32 valence electrons.